The molecule has 0 spiro atoms. The molecule has 1 amide bonds. The summed E-state index contributed by atoms with van der Waals surface area (Å²) in [4.78, 5) is 12.1. The Morgan fingerprint density at radius 1 is 1.30 bits per heavy atom. The number of rotatable bonds is 5. The van der Waals surface area contributed by atoms with Crippen LogP contribution in [0.1, 0.15) is 22.3 Å². The normalized spacial score (nSPS) is 13.8. The van der Waals surface area contributed by atoms with E-state index in [1.54, 1.807) is 17.1 Å². The van der Waals surface area contributed by atoms with Gasteiger partial charge in [0.05, 0.1) is 18.3 Å². The highest BCUT2D eigenvalue weighted by Gasteiger charge is 2.10. The molecule has 1 aliphatic heterocycles. The van der Waals surface area contributed by atoms with Crippen molar-refractivity contribution in [3.63, 3.8) is 0 Å². The minimum atomic E-state index is -0.0706. The molecule has 0 unspecified atom stereocenters. The van der Waals surface area contributed by atoms with Crippen molar-refractivity contribution in [3.05, 3.63) is 65.5 Å². The lowest BCUT2D eigenvalue weighted by Gasteiger charge is -2.14. The van der Waals surface area contributed by atoms with Gasteiger partial charge in [0, 0.05) is 19.3 Å². The molecule has 0 aliphatic carbocycles. The van der Waals surface area contributed by atoms with Gasteiger partial charge >= 0.3 is 0 Å². The van der Waals surface area contributed by atoms with E-state index in [0.29, 0.717) is 18.7 Å². The molecule has 23 heavy (non-hydrogen) atoms. The third-order valence-electron chi connectivity index (χ3n) is 3.72. The summed E-state index contributed by atoms with van der Waals surface area (Å²) >= 11 is 0. The van der Waals surface area contributed by atoms with Crippen molar-refractivity contribution in [3.8, 4) is 0 Å². The van der Waals surface area contributed by atoms with E-state index in [0.717, 1.165) is 25.1 Å². The average Bonchev–Trinajstić information content (AvgIpc) is 3.03. The monoisotopic (exact) mass is 332 g/mol. The van der Waals surface area contributed by atoms with Crippen LogP contribution in [0.5, 0.6) is 0 Å². The number of nitrogens with one attached hydrogen (secondary N) is 2. The van der Waals surface area contributed by atoms with Gasteiger partial charge in [-0.3, -0.25) is 9.48 Å². The summed E-state index contributed by atoms with van der Waals surface area (Å²) in [6, 6.07) is 10.1. The van der Waals surface area contributed by atoms with E-state index in [1.807, 2.05) is 30.3 Å². The SMILES string of the molecule is Cl.O=C(NCC1=CCNCC1)c1cnn(Cc2ccccc2)c1. The Bertz CT molecular complexity index is 666. The van der Waals surface area contributed by atoms with E-state index in [9.17, 15) is 4.79 Å². The highest BCUT2D eigenvalue weighted by molar-refractivity contribution is 5.93. The summed E-state index contributed by atoms with van der Waals surface area (Å²) in [5, 5.41) is 10.5. The minimum absolute atomic E-state index is 0. The Kier molecular flexibility index (Phi) is 6.38. The van der Waals surface area contributed by atoms with Crippen molar-refractivity contribution in [2.75, 3.05) is 19.6 Å². The first-order valence-corrected chi connectivity index (χ1v) is 7.54. The number of halogens is 1. The molecule has 122 valence electrons. The Balaban J connectivity index is 0.00000192. The molecular formula is C17H21ClN4O. The molecule has 3 rings (SSSR count). The predicted molar refractivity (Wildman–Crippen MR) is 92.9 cm³/mol. The second kappa shape index (κ2) is 8.50. The molecule has 1 aromatic heterocycles. The van der Waals surface area contributed by atoms with Gasteiger partial charge in [0.1, 0.15) is 0 Å². The van der Waals surface area contributed by atoms with Crippen molar-refractivity contribution < 1.29 is 4.79 Å². The smallest absolute Gasteiger partial charge is 0.254 e. The van der Waals surface area contributed by atoms with Crippen molar-refractivity contribution in [1.29, 1.82) is 0 Å². The van der Waals surface area contributed by atoms with Gasteiger partial charge in [-0.15, -0.1) is 12.4 Å². The van der Waals surface area contributed by atoms with E-state index < -0.39 is 0 Å². The second-order valence-corrected chi connectivity index (χ2v) is 5.41. The van der Waals surface area contributed by atoms with E-state index in [2.05, 4.69) is 21.8 Å². The molecule has 2 N–H and O–H groups in total. The van der Waals surface area contributed by atoms with Crippen molar-refractivity contribution in [2.24, 2.45) is 0 Å². The van der Waals surface area contributed by atoms with Crippen molar-refractivity contribution >= 4 is 18.3 Å². The maximum Gasteiger partial charge on any atom is 0.254 e. The van der Waals surface area contributed by atoms with Crippen molar-refractivity contribution in [2.45, 2.75) is 13.0 Å². The molecule has 1 aliphatic rings. The van der Waals surface area contributed by atoms with Crippen LogP contribution < -0.4 is 10.6 Å². The zero-order valence-electron chi connectivity index (χ0n) is 12.9. The van der Waals surface area contributed by atoms with Crippen LogP contribution in [0.2, 0.25) is 0 Å². The summed E-state index contributed by atoms with van der Waals surface area (Å²) in [6.07, 6.45) is 6.55. The van der Waals surface area contributed by atoms with Gasteiger partial charge in [0.2, 0.25) is 0 Å². The van der Waals surface area contributed by atoms with Gasteiger partial charge in [0.25, 0.3) is 5.91 Å². The highest BCUT2D eigenvalue weighted by atomic mass is 35.5. The topological polar surface area (TPSA) is 59.0 Å². The summed E-state index contributed by atoms with van der Waals surface area (Å²) in [7, 11) is 0. The molecule has 2 heterocycles. The van der Waals surface area contributed by atoms with E-state index >= 15 is 0 Å². The Labute approximate surface area is 142 Å². The number of hydrogen-bond donors (Lipinski definition) is 2. The van der Waals surface area contributed by atoms with Crippen LogP contribution in [0, 0.1) is 0 Å². The molecule has 0 bridgehead atoms. The zero-order chi connectivity index (χ0) is 15.2. The lowest BCUT2D eigenvalue weighted by atomic mass is 10.1. The van der Waals surface area contributed by atoms with Crippen LogP contribution in [-0.4, -0.2) is 35.3 Å². The Hall–Kier alpha value is -2.11. The van der Waals surface area contributed by atoms with Crippen LogP contribution in [0.3, 0.4) is 0 Å². The van der Waals surface area contributed by atoms with Crippen LogP contribution in [0.4, 0.5) is 0 Å². The minimum Gasteiger partial charge on any atom is -0.348 e. The molecule has 0 saturated carbocycles. The first-order chi connectivity index (χ1) is 10.8. The molecular weight excluding hydrogens is 312 g/mol. The highest BCUT2D eigenvalue weighted by Crippen LogP contribution is 2.06. The van der Waals surface area contributed by atoms with Crippen LogP contribution in [0.25, 0.3) is 0 Å². The number of benzene rings is 1. The molecule has 0 radical (unpaired) electrons. The fraction of sp³-hybridized carbons (Fsp3) is 0.294. The number of carbonyl (C=O) groups excluding carboxylic acids is 1. The third-order valence-corrected chi connectivity index (χ3v) is 3.72. The number of amides is 1. The van der Waals surface area contributed by atoms with Crippen LogP contribution in [0.15, 0.2) is 54.4 Å². The van der Waals surface area contributed by atoms with Gasteiger partial charge in [0.15, 0.2) is 0 Å². The maximum absolute atomic E-state index is 12.1. The first-order valence-electron chi connectivity index (χ1n) is 7.54. The zero-order valence-corrected chi connectivity index (χ0v) is 13.7. The molecule has 0 fully saturated rings. The molecule has 6 heteroatoms. The number of carbonyl (C=O) groups is 1. The third kappa shape index (κ3) is 4.94. The number of hydrogen-bond acceptors (Lipinski definition) is 3. The molecule has 5 nitrogen and oxygen atoms in total. The van der Waals surface area contributed by atoms with Gasteiger partial charge in [-0.1, -0.05) is 42.0 Å². The quantitative estimate of drug-likeness (QED) is 0.823. The van der Waals surface area contributed by atoms with E-state index in [4.69, 9.17) is 0 Å². The van der Waals surface area contributed by atoms with Gasteiger partial charge in [-0.05, 0) is 18.5 Å². The summed E-state index contributed by atoms with van der Waals surface area (Å²) in [6.45, 7) is 3.16. The van der Waals surface area contributed by atoms with Crippen molar-refractivity contribution in [1.82, 2.24) is 20.4 Å². The lowest BCUT2D eigenvalue weighted by Crippen LogP contribution is -2.29. The average molecular weight is 333 g/mol. The fourth-order valence-corrected chi connectivity index (χ4v) is 2.46. The Morgan fingerprint density at radius 3 is 2.87 bits per heavy atom. The van der Waals surface area contributed by atoms with Gasteiger partial charge < -0.3 is 10.6 Å². The van der Waals surface area contributed by atoms with Gasteiger partial charge in [-0.2, -0.15) is 5.10 Å². The van der Waals surface area contributed by atoms with Crippen LogP contribution in [-0.2, 0) is 6.54 Å². The molecule has 0 atom stereocenters. The molecule has 1 aromatic carbocycles. The Morgan fingerprint density at radius 2 is 2.13 bits per heavy atom. The summed E-state index contributed by atoms with van der Waals surface area (Å²) in [5.74, 6) is -0.0706. The summed E-state index contributed by atoms with van der Waals surface area (Å²) < 4.78 is 1.79. The predicted octanol–water partition coefficient (Wildman–Crippen LogP) is 2.00. The maximum atomic E-state index is 12.1. The number of aromatic nitrogens is 2. The number of nitrogens with zero attached hydrogens (tertiary/aromatic N) is 2. The second-order valence-electron chi connectivity index (χ2n) is 5.41. The van der Waals surface area contributed by atoms with E-state index in [-0.39, 0.29) is 18.3 Å². The largest absolute Gasteiger partial charge is 0.348 e. The fourth-order valence-electron chi connectivity index (χ4n) is 2.46. The lowest BCUT2D eigenvalue weighted by molar-refractivity contribution is 0.0956. The standard InChI is InChI=1S/C17H20N4O.ClH/c22-17(19-10-14-6-8-18-9-7-14)16-11-20-21(13-16)12-15-4-2-1-3-5-15;/h1-6,11,13,18H,7-10,12H2,(H,19,22);1H. The first kappa shape index (κ1) is 17.2. The van der Waals surface area contributed by atoms with Gasteiger partial charge in [-0.25, -0.2) is 0 Å². The van der Waals surface area contributed by atoms with E-state index in [1.165, 1.54) is 5.57 Å². The summed E-state index contributed by atoms with van der Waals surface area (Å²) in [5.41, 5.74) is 3.05. The molecule has 0 saturated heterocycles. The van der Waals surface area contributed by atoms with Crippen LogP contribution >= 0.6 is 12.4 Å². The molecule has 2 aromatic rings.